The molecule has 6 heteroatoms. The molecule has 1 unspecified atom stereocenters. The highest BCUT2D eigenvalue weighted by atomic mass is 127. The second kappa shape index (κ2) is 9.46. The molecule has 1 atom stereocenters. The number of hydrogen-bond acceptors (Lipinski definition) is 3. The summed E-state index contributed by atoms with van der Waals surface area (Å²) >= 11 is 0. The van der Waals surface area contributed by atoms with Gasteiger partial charge in [-0.2, -0.15) is 0 Å². The average Bonchev–Trinajstić information content (AvgIpc) is 2.53. The van der Waals surface area contributed by atoms with E-state index >= 15 is 0 Å². The summed E-state index contributed by atoms with van der Waals surface area (Å²) in [6.45, 7) is 9.77. The number of likely N-dealkylation sites (tertiary alicyclic amines) is 1. The number of nitrogens with two attached hydrogens (primary N) is 1. The van der Waals surface area contributed by atoms with E-state index in [1.807, 2.05) is 24.3 Å². The molecular weight excluding hydrogens is 415 g/mol. The third-order valence-corrected chi connectivity index (χ3v) is 4.52. The topological polar surface area (TPSA) is 62.9 Å². The molecule has 1 fully saturated rings. The van der Waals surface area contributed by atoms with Gasteiger partial charge in [0, 0.05) is 12.1 Å². The van der Waals surface area contributed by atoms with Crippen LogP contribution in [0.2, 0.25) is 0 Å². The number of guanidine groups is 1. The Morgan fingerprint density at radius 2 is 2.12 bits per heavy atom. The van der Waals surface area contributed by atoms with E-state index < -0.39 is 0 Å². The maximum atomic E-state index is 6.06. The SMILES string of the molecule is COc1ccccc1NC(N)=NCC(C)(C)N1CCCC(C)C1.I. The quantitative estimate of drug-likeness (QED) is 0.413. The number of anilines is 1. The first-order valence-electron chi connectivity index (χ1n) is 8.37. The molecule has 5 nitrogen and oxygen atoms in total. The lowest BCUT2D eigenvalue weighted by Gasteiger charge is -2.42. The van der Waals surface area contributed by atoms with Gasteiger partial charge in [0.05, 0.1) is 19.3 Å². The van der Waals surface area contributed by atoms with Gasteiger partial charge in [0.25, 0.3) is 0 Å². The molecule has 3 N–H and O–H groups in total. The molecular formula is C18H31IN4O. The van der Waals surface area contributed by atoms with Crippen LogP contribution < -0.4 is 15.8 Å². The maximum Gasteiger partial charge on any atom is 0.193 e. The molecule has 1 aromatic carbocycles. The number of para-hydroxylation sites is 2. The van der Waals surface area contributed by atoms with Crippen molar-refractivity contribution in [3.63, 3.8) is 0 Å². The molecule has 0 saturated carbocycles. The summed E-state index contributed by atoms with van der Waals surface area (Å²) in [5.41, 5.74) is 6.91. The highest BCUT2D eigenvalue weighted by Gasteiger charge is 2.29. The summed E-state index contributed by atoms with van der Waals surface area (Å²) in [5.74, 6) is 1.94. The van der Waals surface area contributed by atoms with Gasteiger partial charge in [0.1, 0.15) is 5.75 Å². The van der Waals surface area contributed by atoms with Crippen LogP contribution in [0.15, 0.2) is 29.3 Å². The lowest BCUT2D eigenvalue weighted by atomic mass is 9.94. The van der Waals surface area contributed by atoms with E-state index in [0.29, 0.717) is 12.5 Å². The molecule has 1 saturated heterocycles. The Morgan fingerprint density at radius 1 is 1.42 bits per heavy atom. The van der Waals surface area contributed by atoms with Gasteiger partial charge < -0.3 is 15.8 Å². The minimum absolute atomic E-state index is 0. The van der Waals surface area contributed by atoms with Gasteiger partial charge in [0.2, 0.25) is 0 Å². The molecule has 0 radical (unpaired) electrons. The second-order valence-electron chi connectivity index (χ2n) is 7.03. The number of rotatable bonds is 5. The highest BCUT2D eigenvalue weighted by Crippen LogP contribution is 2.25. The Kier molecular flexibility index (Phi) is 8.29. The van der Waals surface area contributed by atoms with Crippen LogP contribution in [0, 0.1) is 5.92 Å². The van der Waals surface area contributed by atoms with Crippen molar-refractivity contribution in [2.24, 2.45) is 16.6 Å². The Labute approximate surface area is 163 Å². The molecule has 1 heterocycles. The van der Waals surface area contributed by atoms with Gasteiger partial charge in [-0.1, -0.05) is 19.1 Å². The van der Waals surface area contributed by atoms with Gasteiger partial charge in [-0.15, -0.1) is 24.0 Å². The summed E-state index contributed by atoms with van der Waals surface area (Å²) in [7, 11) is 1.65. The Hall–Kier alpha value is -1.02. The van der Waals surface area contributed by atoms with Crippen molar-refractivity contribution in [1.29, 1.82) is 0 Å². The van der Waals surface area contributed by atoms with Crippen LogP contribution in [0.25, 0.3) is 0 Å². The minimum atomic E-state index is 0. The van der Waals surface area contributed by atoms with Crippen molar-refractivity contribution in [2.75, 3.05) is 32.1 Å². The Morgan fingerprint density at radius 3 is 2.79 bits per heavy atom. The zero-order valence-corrected chi connectivity index (χ0v) is 17.5. The number of piperidine rings is 1. The molecule has 0 aromatic heterocycles. The monoisotopic (exact) mass is 446 g/mol. The van der Waals surface area contributed by atoms with Gasteiger partial charge >= 0.3 is 0 Å². The van der Waals surface area contributed by atoms with E-state index in [1.54, 1.807) is 7.11 Å². The molecule has 1 aromatic rings. The van der Waals surface area contributed by atoms with Crippen molar-refractivity contribution in [1.82, 2.24) is 4.90 Å². The first-order valence-corrected chi connectivity index (χ1v) is 8.37. The summed E-state index contributed by atoms with van der Waals surface area (Å²) in [6.07, 6.45) is 2.59. The van der Waals surface area contributed by atoms with Gasteiger partial charge in [-0.25, -0.2) is 0 Å². The van der Waals surface area contributed by atoms with Crippen molar-refractivity contribution in [3.8, 4) is 5.75 Å². The van der Waals surface area contributed by atoms with Crippen LogP contribution in [0.4, 0.5) is 5.69 Å². The number of methoxy groups -OCH3 is 1. The maximum absolute atomic E-state index is 6.06. The fourth-order valence-electron chi connectivity index (χ4n) is 3.04. The van der Waals surface area contributed by atoms with Crippen LogP contribution >= 0.6 is 24.0 Å². The van der Waals surface area contributed by atoms with Crippen LogP contribution in [-0.4, -0.2) is 43.1 Å². The molecule has 0 spiro atoms. The average molecular weight is 446 g/mol. The zero-order chi connectivity index (χ0) is 16.9. The standard InChI is InChI=1S/C18H30N4O.HI/c1-14-8-7-11-22(12-14)18(2,3)13-20-17(19)21-15-9-5-6-10-16(15)23-4;/h5-6,9-10,14H,7-8,11-13H2,1-4H3,(H3,19,20,21);1H. The molecule has 24 heavy (non-hydrogen) atoms. The number of aliphatic imine (C=N–C) groups is 1. The van der Waals surface area contributed by atoms with Gasteiger partial charge in [-0.3, -0.25) is 9.89 Å². The van der Waals surface area contributed by atoms with E-state index in [4.69, 9.17) is 10.5 Å². The van der Waals surface area contributed by atoms with Crippen molar-refractivity contribution >= 4 is 35.6 Å². The first-order chi connectivity index (χ1) is 10.9. The third-order valence-electron chi connectivity index (χ3n) is 4.52. The fourth-order valence-corrected chi connectivity index (χ4v) is 3.04. The number of benzene rings is 1. The van der Waals surface area contributed by atoms with Crippen LogP contribution in [0.5, 0.6) is 5.75 Å². The fraction of sp³-hybridized carbons (Fsp3) is 0.611. The molecule has 1 aliphatic heterocycles. The molecule has 2 rings (SSSR count). The Bertz CT molecular complexity index is 548. The van der Waals surface area contributed by atoms with Crippen molar-refractivity contribution < 1.29 is 4.74 Å². The van der Waals surface area contributed by atoms with Crippen LogP contribution in [0.1, 0.15) is 33.6 Å². The number of nitrogens with one attached hydrogen (secondary N) is 1. The van der Waals surface area contributed by atoms with E-state index in [2.05, 4.69) is 36.0 Å². The van der Waals surface area contributed by atoms with Crippen molar-refractivity contribution in [3.05, 3.63) is 24.3 Å². The summed E-state index contributed by atoms with van der Waals surface area (Å²) < 4.78 is 5.32. The van der Waals surface area contributed by atoms with Crippen LogP contribution in [0.3, 0.4) is 0 Å². The first kappa shape index (κ1) is 21.0. The molecule has 0 aliphatic carbocycles. The zero-order valence-electron chi connectivity index (χ0n) is 15.2. The summed E-state index contributed by atoms with van der Waals surface area (Å²) in [5, 5.41) is 3.13. The molecule has 136 valence electrons. The van der Waals surface area contributed by atoms with Gasteiger partial charge in [-0.05, 0) is 51.3 Å². The summed E-state index contributed by atoms with van der Waals surface area (Å²) in [6, 6.07) is 7.70. The Balaban J connectivity index is 0.00000288. The number of halogens is 1. The van der Waals surface area contributed by atoms with E-state index in [9.17, 15) is 0 Å². The van der Waals surface area contributed by atoms with Crippen LogP contribution in [-0.2, 0) is 0 Å². The highest BCUT2D eigenvalue weighted by molar-refractivity contribution is 14.0. The molecule has 1 aliphatic rings. The summed E-state index contributed by atoms with van der Waals surface area (Å²) in [4.78, 5) is 7.08. The number of ether oxygens (including phenoxy) is 1. The largest absolute Gasteiger partial charge is 0.495 e. The minimum Gasteiger partial charge on any atom is -0.495 e. The van der Waals surface area contributed by atoms with Crippen molar-refractivity contribution in [2.45, 2.75) is 39.2 Å². The predicted octanol–water partition coefficient (Wildman–Crippen LogP) is 3.55. The molecule has 0 amide bonds. The second-order valence-corrected chi connectivity index (χ2v) is 7.03. The van der Waals surface area contributed by atoms with E-state index in [-0.39, 0.29) is 29.5 Å². The number of nitrogens with zero attached hydrogens (tertiary/aromatic N) is 2. The van der Waals surface area contributed by atoms with E-state index in [1.165, 1.54) is 12.8 Å². The smallest absolute Gasteiger partial charge is 0.193 e. The predicted molar refractivity (Wildman–Crippen MR) is 113 cm³/mol. The van der Waals surface area contributed by atoms with Gasteiger partial charge in [0.15, 0.2) is 5.96 Å². The normalized spacial score (nSPS) is 19.5. The lowest BCUT2D eigenvalue weighted by molar-refractivity contribution is 0.0775. The number of hydrogen-bond donors (Lipinski definition) is 2. The van der Waals surface area contributed by atoms with E-state index in [0.717, 1.165) is 30.4 Å². The molecule has 0 bridgehead atoms. The third kappa shape index (κ3) is 5.81. The lowest BCUT2D eigenvalue weighted by Crippen LogP contribution is -2.51.